The molecular formula is C10H18N2O3S. The third-order valence-electron chi connectivity index (χ3n) is 2.34. The quantitative estimate of drug-likeness (QED) is 0.760. The van der Waals surface area contributed by atoms with Gasteiger partial charge in [-0.1, -0.05) is 6.92 Å². The van der Waals surface area contributed by atoms with Gasteiger partial charge in [-0.05, 0) is 26.8 Å². The van der Waals surface area contributed by atoms with Crippen molar-refractivity contribution in [3.63, 3.8) is 0 Å². The molecule has 6 heteroatoms. The van der Waals surface area contributed by atoms with Crippen LogP contribution in [0.5, 0.6) is 0 Å². The van der Waals surface area contributed by atoms with Gasteiger partial charge in [0.1, 0.15) is 16.4 Å². The van der Waals surface area contributed by atoms with Gasteiger partial charge < -0.3 is 9.73 Å². The van der Waals surface area contributed by atoms with Crippen molar-refractivity contribution in [3.05, 3.63) is 17.1 Å². The molecule has 1 aromatic heterocycles. The lowest BCUT2D eigenvalue weighted by molar-refractivity contribution is 0.493. The third-order valence-corrected chi connectivity index (χ3v) is 3.44. The van der Waals surface area contributed by atoms with Gasteiger partial charge in [0.15, 0.2) is 0 Å². The van der Waals surface area contributed by atoms with E-state index in [9.17, 15) is 8.42 Å². The first kappa shape index (κ1) is 13.2. The summed E-state index contributed by atoms with van der Waals surface area (Å²) in [6.45, 7) is 6.68. The number of rotatable bonds is 5. The summed E-state index contributed by atoms with van der Waals surface area (Å²) in [4.78, 5) is 0.119. The van der Waals surface area contributed by atoms with E-state index in [0.29, 0.717) is 23.6 Å². The van der Waals surface area contributed by atoms with Crippen molar-refractivity contribution in [2.45, 2.75) is 38.6 Å². The lowest BCUT2D eigenvalue weighted by Gasteiger charge is -2.04. The zero-order valence-electron chi connectivity index (χ0n) is 9.83. The molecule has 0 unspecified atom stereocenters. The Morgan fingerprint density at radius 1 is 1.31 bits per heavy atom. The van der Waals surface area contributed by atoms with Gasteiger partial charge in [-0.3, -0.25) is 0 Å². The molecule has 0 aromatic carbocycles. The van der Waals surface area contributed by atoms with Gasteiger partial charge in [-0.15, -0.1) is 0 Å². The van der Waals surface area contributed by atoms with Gasteiger partial charge in [0.05, 0.1) is 0 Å². The predicted molar refractivity (Wildman–Crippen MR) is 61.6 cm³/mol. The molecule has 16 heavy (non-hydrogen) atoms. The van der Waals surface area contributed by atoms with Crippen molar-refractivity contribution in [2.75, 3.05) is 6.54 Å². The molecule has 0 aliphatic heterocycles. The van der Waals surface area contributed by atoms with Gasteiger partial charge in [0.25, 0.3) is 0 Å². The average Bonchev–Trinajstić information content (AvgIpc) is 2.41. The number of hydrogen-bond acceptors (Lipinski definition) is 4. The number of nitrogens with one attached hydrogen (secondary N) is 1. The molecule has 0 fully saturated rings. The van der Waals surface area contributed by atoms with E-state index >= 15 is 0 Å². The minimum atomic E-state index is -3.71. The highest BCUT2D eigenvalue weighted by molar-refractivity contribution is 7.89. The van der Waals surface area contributed by atoms with E-state index in [1.807, 2.05) is 6.92 Å². The Morgan fingerprint density at radius 2 is 1.94 bits per heavy atom. The Kier molecular flexibility index (Phi) is 4.12. The Balaban J connectivity index is 3.07. The van der Waals surface area contributed by atoms with Crippen LogP contribution in [0.25, 0.3) is 0 Å². The van der Waals surface area contributed by atoms with Crippen LogP contribution in [0.15, 0.2) is 9.31 Å². The second-order valence-corrected chi connectivity index (χ2v) is 5.24. The first-order chi connectivity index (χ1) is 7.38. The van der Waals surface area contributed by atoms with Crippen LogP contribution >= 0.6 is 0 Å². The standard InChI is InChI=1S/C10H18N2O3S/c1-4-5-12-6-9-7(2)15-8(3)10(9)16(11,13)14/h12H,4-6H2,1-3H3,(H2,11,13,14). The second kappa shape index (κ2) is 4.99. The van der Waals surface area contributed by atoms with Gasteiger partial charge in [-0.2, -0.15) is 0 Å². The average molecular weight is 246 g/mol. The van der Waals surface area contributed by atoms with Crippen LogP contribution in [0.1, 0.15) is 30.4 Å². The summed E-state index contributed by atoms with van der Waals surface area (Å²) in [5, 5.41) is 8.30. The second-order valence-electron chi connectivity index (χ2n) is 3.74. The van der Waals surface area contributed by atoms with E-state index in [2.05, 4.69) is 5.32 Å². The Bertz CT molecular complexity index is 463. The maximum atomic E-state index is 11.4. The maximum absolute atomic E-state index is 11.4. The van der Waals surface area contributed by atoms with Crippen molar-refractivity contribution in [1.82, 2.24) is 5.32 Å². The van der Waals surface area contributed by atoms with E-state index in [1.54, 1.807) is 13.8 Å². The Hall–Kier alpha value is -0.850. The van der Waals surface area contributed by atoms with Crippen LogP contribution in [-0.2, 0) is 16.6 Å². The van der Waals surface area contributed by atoms with Gasteiger partial charge >= 0.3 is 0 Å². The maximum Gasteiger partial charge on any atom is 0.241 e. The molecule has 1 aromatic rings. The van der Waals surface area contributed by atoms with Crippen LogP contribution in [0.3, 0.4) is 0 Å². The summed E-state index contributed by atoms with van der Waals surface area (Å²) in [6.07, 6.45) is 0.987. The third kappa shape index (κ3) is 2.84. The van der Waals surface area contributed by atoms with Gasteiger partial charge in [0.2, 0.25) is 10.0 Å². The normalized spacial score (nSPS) is 12.0. The molecule has 0 saturated carbocycles. The van der Waals surface area contributed by atoms with E-state index in [-0.39, 0.29) is 4.90 Å². The lowest BCUT2D eigenvalue weighted by Crippen LogP contribution is -2.19. The molecule has 0 saturated heterocycles. The molecule has 3 N–H and O–H groups in total. The van der Waals surface area contributed by atoms with Crippen LogP contribution in [-0.4, -0.2) is 15.0 Å². The number of aryl methyl sites for hydroxylation is 2. The smallest absolute Gasteiger partial charge is 0.241 e. The van der Waals surface area contributed by atoms with Crippen LogP contribution < -0.4 is 10.5 Å². The molecule has 0 atom stereocenters. The number of nitrogens with two attached hydrogens (primary N) is 1. The summed E-state index contributed by atoms with van der Waals surface area (Å²) >= 11 is 0. The lowest BCUT2D eigenvalue weighted by atomic mass is 10.2. The topological polar surface area (TPSA) is 85.3 Å². The van der Waals surface area contributed by atoms with Crippen molar-refractivity contribution in [2.24, 2.45) is 5.14 Å². The molecule has 0 amide bonds. The molecule has 1 heterocycles. The monoisotopic (exact) mass is 246 g/mol. The van der Waals surface area contributed by atoms with Crippen LogP contribution in [0.2, 0.25) is 0 Å². The van der Waals surface area contributed by atoms with Crippen LogP contribution in [0, 0.1) is 13.8 Å². The zero-order chi connectivity index (χ0) is 12.3. The molecule has 0 radical (unpaired) electrons. The SMILES string of the molecule is CCCNCc1c(C)oc(C)c1S(N)(=O)=O. The molecular weight excluding hydrogens is 228 g/mol. The molecule has 0 spiro atoms. The summed E-state index contributed by atoms with van der Waals surface area (Å²) in [5.41, 5.74) is 0.633. The molecule has 5 nitrogen and oxygen atoms in total. The molecule has 92 valence electrons. The number of hydrogen-bond donors (Lipinski definition) is 2. The zero-order valence-corrected chi connectivity index (χ0v) is 10.6. The Morgan fingerprint density at radius 3 is 2.44 bits per heavy atom. The van der Waals surface area contributed by atoms with Crippen molar-refractivity contribution in [1.29, 1.82) is 0 Å². The van der Waals surface area contributed by atoms with E-state index in [1.165, 1.54) is 0 Å². The molecule has 0 aliphatic rings. The minimum absolute atomic E-state index is 0.119. The summed E-state index contributed by atoms with van der Waals surface area (Å²) < 4.78 is 28.1. The molecule has 0 bridgehead atoms. The molecule has 1 rings (SSSR count). The largest absolute Gasteiger partial charge is 0.465 e. The first-order valence-corrected chi connectivity index (χ1v) is 6.75. The number of furan rings is 1. The van der Waals surface area contributed by atoms with Crippen molar-refractivity contribution < 1.29 is 12.8 Å². The number of sulfonamides is 1. The van der Waals surface area contributed by atoms with Crippen molar-refractivity contribution in [3.8, 4) is 0 Å². The molecule has 0 aliphatic carbocycles. The Labute approximate surface area is 96.1 Å². The van der Waals surface area contributed by atoms with Gasteiger partial charge in [0, 0.05) is 12.1 Å². The van der Waals surface area contributed by atoms with Crippen molar-refractivity contribution >= 4 is 10.0 Å². The van der Waals surface area contributed by atoms with E-state index in [4.69, 9.17) is 9.56 Å². The highest BCUT2D eigenvalue weighted by atomic mass is 32.2. The highest BCUT2D eigenvalue weighted by Gasteiger charge is 2.23. The summed E-state index contributed by atoms with van der Waals surface area (Å²) in [7, 11) is -3.71. The summed E-state index contributed by atoms with van der Waals surface area (Å²) in [5.74, 6) is 0.957. The first-order valence-electron chi connectivity index (χ1n) is 5.20. The fourth-order valence-corrected chi connectivity index (χ4v) is 2.68. The number of primary sulfonamides is 1. The van der Waals surface area contributed by atoms with Crippen LogP contribution in [0.4, 0.5) is 0 Å². The fourth-order valence-electron chi connectivity index (χ4n) is 1.68. The van der Waals surface area contributed by atoms with Gasteiger partial charge in [-0.25, -0.2) is 13.6 Å². The predicted octanol–water partition coefficient (Wildman–Crippen LogP) is 1.04. The van der Waals surface area contributed by atoms with E-state index < -0.39 is 10.0 Å². The fraction of sp³-hybridized carbons (Fsp3) is 0.600. The van der Waals surface area contributed by atoms with E-state index in [0.717, 1.165) is 13.0 Å². The summed E-state index contributed by atoms with van der Waals surface area (Å²) in [6, 6.07) is 0. The minimum Gasteiger partial charge on any atom is -0.465 e. The highest BCUT2D eigenvalue weighted by Crippen LogP contribution is 2.25.